The summed E-state index contributed by atoms with van der Waals surface area (Å²) in [6, 6.07) is 3.62. The maximum absolute atomic E-state index is 13.0. The van der Waals surface area contributed by atoms with Gasteiger partial charge in [-0.3, -0.25) is 9.59 Å². The zero-order valence-electron chi connectivity index (χ0n) is 16.4. The van der Waals surface area contributed by atoms with Crippen LogP contribution >= 0.6 is 0 Å². The summed E-state index contributed by atoms with van der Waals surface area (Å²) in [5, 5.41) is 9.67. The minimum atomic E-state index is -5.16. The van der Waals surface area contributed by atoms with Crippen LogP contribution in [0.3, 0.4) is 0 Å². The Morgan fingerprint density at radius 2 is 1.59 bits per heavy atom. The Kier molecular flexibility index (Phi) is 6.18. The number of carbonyl (C=O) groups excluding carboxylic acids is 2. The number of nitrogens with zero attached hydrogens (tertiary/aromatic N) is 2. The molecule has 1 N–H and O–H groups in total. The number of hydrogen-bond donors (Lipinski definition) is 1. The number of alkyl halides is 3. The van der Waals surface area contributed by atoms with E-state index in [9.17, 15) is 36.3 Å². The molecule has 1 heterocycles. The third kappa shape index (κ3) is 4.31. The maximum atomic E-state index is 13.0. The Morgan fingerprint density at radius 1 is 1.07 bits per heavy atom. The van der Waals surface area contributed by atoms with Crippen LogP contribution in [0.2, 0.25) is 0 Å². The summed E-state index contributed by atoms with van der Waals surface area (Å²) in [7, 11) is -4.00. The van der Waals surface area contributed by atoms with Crippen LogP contribution in [0.15, 0.2) is 29.2 Å². The largest absolute Gasteiger partial charge is 0.426 e. The van der Waals surface area contributed by atoms with Gasteiger partial charge in [0.2, 0.25) is 15.6 Å². The SMILES string of the molecule is CC(=O)c1ccc(S(=O)(=O)N2C[C@@H](C)N(C(=O)C(C)(O)C(F)(F)F)C[C@H]2C)cc1. The van der Waals surface area contributed by atoms with E-state index in [2.05, 4.69) is 0 Å². The predicted molar refractivity (Wildman–Crippen MR) is 97.7 cm³/mol. The Morgan fingerprint density at radius 3 is 2.03 bits per heavy atom. The molecule has 29 heavy (non-hydrogen) atoms. The molecule has 2 rings (SSSR count). The van der Waals surface area contributed by atoms with Crippen molar-refractivity contribution in [2.45, 2.75) is 56.5 Å². The van der Waals surface area contributed by atoms with Gasteiger partial charge < -0.3 is 10.0 Å². The molecule has 1 aliphatic heterocycles. The van der Waals surface area contributed by atoms with E-state index in [1.807, 2.05) is 0 Å². The van der Waals surface area contributed by atoms with Gasteiger partial charge in [0.05, 0.1) is 4.90 Å². The second kappa shape index (κ2) is 7.69. The zero-order valence-corrected chi connectivity index (χ0v) is 17.2. The molecule has 1 amide bonds. The average molecular weight is 436 g/mol. The number of sulfonamides is 1. The van der Waals surface area contributed by atoms with Crippen molar-refractivity contribution in [1.29, 1.82) is 0 Å². The quantitative estimate of drug-likeness (QED) is 0.727. The minimum absolute atomic E-state index is 0.0661. The molecule has 1 unspecified atom stereocenters. The van der Waals surface area contributed by atoms with Gasteiger partial charge in [0.25, 0.3) is 5.91 Å². The first kappa shape index (κ1) is 23.3. The molecule has 0 aromatic heterocycles. The van der Waals surface area contributed by atoms with E-state index in [0.29, 0.717) is 12.5 Å². The van der Waals surface area contributed by atoms with Gasteiger partial charge in [-0.15, -0.1) is 0 Å². The predicted octanol–water partition coefficient (Wildman–Crippen LogP) is 1.81. The molecule has 1 saturated heterocycles. The van der Waals surface area contributed by atoms with Gasteiger partial charge >= 0.3 is 6.18 Å². The normalized spacial score (nSPS) is 23.5. The standard InChI is InChI=1S/C18H23F3N2O5S/c1-11-10-23(29(27,28)15-7-5-14(6-8-15)13(3)24)12(2)9-22(11)16(25)17(4,26)18(19,20)21/h5-8,11-12,26H,9-10H2,1-4H3/t11-,12-,17?/m1/s1. The van der Waals surface area contributed by atoms with Gasteiger partial charge in [-0.25, -0.2) is 8.42 Å². The highest BCUT2D eigenvalue weighted by Gasteiger charge is 2.58. The Hall–Kier alpha value is -1.98. The molecule has 1 aromatic carbocycles. The Labute approximate surface area is 167 Å². The summed E-state index contributed by atoms with van der Waals surface area (Å²) in [5.74, 6) is -1.74. The smallest absolute Gasteiger partial charge is 0.373 e. The van der Waals surface area contributed by atoms with Crippen molar-refractivity contribution < 1.29 is 36.3 Å². The molecule has 0 spiro atoms. The second-order valence-corrected chi connectivity index (χ2v) is 9.27. The highest BCUT2D eigenvalue weighted by molar-refractivity contribution is 7.89. The van der Waals surface area contributed by atoms with Gasteiger partial charge in [-0.2, -0.15) is 17.5 Å². The van der Waals surface area contributed by atoms with Crippen LogP contribution in [0.5, 0.6) is 0 Å². The first-order chi connectivity index (χ1) is 13.1. The van der Waals surface area contributed by atoms with E-state index < -0.39 is 39.8 Å². The van der Waals surface area contributed by atoms with Crippen molar-refractivity contribution in [3.63, 3.8) is 0 Å². The molecule has 162 valence electrons. The fourth-order valence-electron chi connectivity index (χ4n) is 3.11. The van der Waals surface area contributed by atoms with E-state index in [1.54, 1.807) is 0 Å². The molecular weight excluding hydrogens is 413 g/mol. The van der Waals surface area contributed by atoms with Crippen LogP contribution in [0.25, 0.3) is 0 Å². The number of rotatable bonds is 4. The van der Waals surface area contributed by atoms with E-state index in [1.165, 1.54) is 45.0 Å². The van der Waals surface area contributed by atoms with Gasteiger partial charge in [0, 0.05) is 30.7 Å². The van der Waals surface area contributed by atoms with E-state index in [0.717, 1.165) is 9.21 Å². The average Bonchev–Trinajstić information content (AvgIpc) is 2.61. The molecule has 0 bridgehead atoms. The summed E-state index contributed by atoms with van der Waals surface area (Å²) in [5.41, 5.74) is -3.22. The molecule has 7 nitrogen and oxygen atoms in total. The van der Waals surface area contributed by atoms with Crippen molar-refractivity contribution in [3.8, 4) is 0 Å². The number of hydrogen-bond acceptors (Lipinski definition) is 5. The highest BCUT2D eigenvalue weighted by Crippen LogP contribution is 2.34. The summed E-state index contributed by atoms with van der Waals surface area (Å²) >= 11 is 0. The Bertz CT molecular complexity index is 897. The van der Waals surface area contributed by atoms with Gasteiger partial charge in [-0.1, -0.05) is 12.1 Å². The van der Waals surface area contributed by atoms with Crippen LogP contribution < -0.4 is 0 Å². The topological polar surface area (TPSA) is 95.0 Å². The molecule has 0 radical (unpaired) electrons. The molecule has 1 aliphatic rings. The van der Waals surface area contributed by atoms with Crippen molar-refractivity contribution in [3.05, 3.63) is 29.8 Å². The molecule has 3 atom stereocenters. The lowest BCUT2D eigenvalue weighted by molar-refractivity contribution is -0.251. The van der Waals surface area contributed by atoms with Crippen LogP contribution in [-0.2, 0) is 14.8 Å². The van der Waals surface area contributed by atoms with Crippen molar-refractivity contribution in [2.75, 3.05) is 13.1 Å². The molecular formula is C18H23F3N2O5S. The number of halogens is 3. The van der Waals surface area contributed by atoms with Crippen LogP contribution in [0.4, 0.5) is 13.2 Å². The molecule has 11 heteroatoms. The van der Waals surface area contributed by atoms with E-state index >= 15 is 0 Å². The van der Waals surface area contributed by atoms with Crippen molar-refractivity contribution in [1.82, 2.24) is 9.21 Å². The number of amides is 1. The lowest BCUT2D eigenvalue weighted by atomic mass is 10.0. The van der Waals surface area contributed by atoms with E-state index in [-0.39, 0.29) is 23.8 Å². The van der Waals surface area contributed by atoms with Crippen molar-refractivity contribution >= 4 is 21.7 Å². The van der Waals surface area contributed by atoms with Crippen LogP contribution in [0.1, 0.15) is 38.1 Å². The van der Waals surface area contributed by atoms with Gasteiger partial charge in [0.1, 0.15) is 0 Å². The summed E-state index contributed by atoms with van der Waals surface area (Å²) < 4.78 is 66.1. The molecule has 0 aliphatic carbocycles. The monoisotopic (exact) mass is 436 g/mol. The number of Topliss-reactive ketones (excluding diaryl/α,β-unsaturated/α-hetero) is 1. The fraction of sp³-hybridized carbons (Fsp3) is 0.556. The molecule has 1 aromatic rings. The molecule has 1 fully saturated rings. The second-order valence-electron chi connectivity index (χ2n) is 7.38. The number of piperazine rings is 1. The van der Waals surface area contributed by atoms with Crippen LogP contribution in [0, 0.1) is 0 Å². The molecule has 0 saturated carbocycles. The number of aliphatic hydroxyl groups is 1. The number of ketones is 1. The third-order valence-corrected chi connectivity index (χ3v) is 7.02. The van der Waals surface area contributed by atoms with Crippen molar-refractivity contribution in [2.24, 2.45) is 0 Å². The van der Waals surface area contributed by atoms with Crippen LogP contribution in [-0.4, -0.2) is 71.4 Å². The first-order valence-electron chi connectivity index (χ1n) is 8.83. The maximum Gasteiger partial charge on any atom is 0.426 e. The highest BCUT2D eigenvalue weighted by atomic mass is 32.2. The van der Waals surface area contributed by atoms with Gasteiger partial charge in [0.15, 0.2) is 5.78 Å². The lowest BCUT2D eigenvalue weighted by Crippen LogP contribution is -2.65. The van der Waals surface area contributed by atoms with E-state index in [4.69, 9.17) is 0 Å². The number of carbonyl (C=O) groups is 2. The first-order valence-corrected chi connectivity index (χ1v) is 10.3. The summed E-state index contributed by atoms with van der Waals surface area (Å²) in [6.45, 7) is 4.06. The minimum Gasteiger partial charge on any atom is -0.373 e. The third-order valence-electron chi connectivity index (χ3n) is 5.03. The fourth-order valence-corrected chi connectivity index (χ4v) is 4.81. The number of benzene rings is 1. The summed E-state index contributed by atoms with van der Waals surface area (Å²) in [4.78, 5) is 24.4. The summed E-state index contributed by atoms with van der Waals surface area (Å²) in [6.07, 6.45) is -5.16. The van der Waals surface area contributed by atoms with Gasteiger partial charge in [-0.05, 0) is 39.8 Å². The zero-order chi connectivity index (χ0) is 22.4. The Balaban J connectivity index is 2.27. The lowest BCUT2D eigenvalue weighted by Gasteiger charge is -2.45.